The van der Waals surface area contributed by atoms with Crippen LogP contribution >= 0.6 is 0 Å². The molecule has 1 aliphatic heterocycles. The van der Waals surface area contributed by atoms with Gasteiger partial charge in [0, 0.05) is 24.6 Å². The van der Waals surface area contributed by atoms with Gasteiger partial charge in [-0.25, -0.2) is 9.79 Å². The van der Waals surface area contributed by atoms with Crippen molar-refractivity contribution in [2.45, 2.75) is 39.7 Å². The lowest BCUT2D eigenvalue weighted by atomic mass is 9.99. The van der Waals surface area contributed by atoms with E-state index >= 15 is 0 Å². The Morgan fingerprint density at radius 3 is 2.46 bits per heavy atom. The first-order valence-electron chi connectivity index (χ1n) is 8.18. The Morgan fingerprint density at radius 1 is 1.21 bits per heavy atom. The van der Waals surface area contributed by atoms with E-state index in [1.54, 1.807) is 14.0 Å². The molecule has 0 radical (unpaired) electrons. The van der Waals surface area contributed by atoms with Crippen LogP contribution in [0.15, 0.2) is 46.5 Å². The summed E-state index contributed by atoms with van der Waals surface area (Å²) in [6.45, 7) is 5.89. The van der Waals surface area contributed by atoms with Gasteiger partial charge in [0.1, 0.15) is 6.04 Å². The largest absolute Gasteiger partial charge is 0.404 e. The molecule has 0 spiro atoms. The molecule has 0 saturated heterocycles. The fourth-order valence-corrected chi connectivity index (χ4v) is 2.60. The molecule has 1 aliphatic rings. The lowest BCUT2D eigenvalue weighted by Crippen LogP contribution is -2.33. The number of hydrogen-bond donors (Lipinski definition) is 1. The molecule has 1 aromatic carbocycles. The molecule has 2 rings (SSSR count). The normalized spacial score (nSPS) is 17.4. The van der Waals surface area contributed by atoms with Crippen molar-refractivity contribution in [3.63, 3.8) is 0 Å². The third kappa shape index (κ3) is 4.31. The SMILES string of the molecule is CNC(=O)[C@H](Cc1ccccc1)N=C1OC(=O)C(C)=C1CC(C)C. The van der Waals surface area contributed by atoms with E-state index < -0.39 is 6.04 Å². The van der Waals surface area contributed by atoms with E-state index in [0.717, 1.165) is 11.1 Å². The molecule has 0 unspecified atom stereocenters. The first kappa shape index (κ1) is 17.9. The van der Waals surface area contributed by atoms with Crippen LogP contribution in [-0.2, 0) is 20.7 Å². The highest BCUT2D eigenvalue weighted by atomic mass is 16.5. The monoisotopic (exact) mass is 328 g/mol. The second-order valence-electron chi connectivity index (χ2n) is 6.35. The summed E-state index contributed by atoms with van der Waals surface area (Å²) in [7, 11) is 1.58. The van der Waals surface area contributed by atoms with Gasteiger partial charge < -0.3 is 10.1 Å². The van der Waals surface area contributed by atoms with Crippen molar-refractivity contribution in [2.24, 2.45) is 10.9 Å². The van der Waals surface area contributed by atoms with Gasteiger partial charge in [0.2, 0.25) is 11.8 Å². The predicted octanol–water partition coefficient (Wildman–Crippen LogP) is 2.66. The molecule has 0 bridgehead atoms. The lowest BCUT2D eigenvalue weighted by molar-refractivity contribution is -0.130. The number of carbonyl (C=O) groups excluding carboxylic acids is 2. The summed E-state index contributed by atoms with van der Waals surface area (Å²) in [6, 6.07) is 9.05. The van der Waals surface area contributed by atoms with Crippen LogP contribution in [0.3, 0.4) is 0 Å². The number of aliphatic imine (C=N–C) groups is 1. The van der Waals surface area contributed by atoms with Crippen molar-refractivity contribution in [2.75, 3.05) is 7.05 Å². The molecule has 5 nitrogen and oxygen atoms in total. The van der Waals surface area contributed by atoms with Crippen LogP contribution in [0.25, 0.3) is 0 Å². The Bertz CT molecular complexity index is 675. The van der Waals surface area contributed by atoms with Crippen LogP contribution < -0.4 is 5.32 Å². The molecule has 0 aliphatic carbocycles. The number of nitrogens with one attached hydrogen (secondary N) is 1. The number of amides is 1. The molecule has 24 heavy (non-hydrogen) atoms. The fraction of sp³-hybridized carbons (Fsp3) is 0.421. The Kier molecular flexibility index (Phi) is 5.90. The maximum absolute atomic E-state index is 12.2. The van der Waals surface area contributed by atoms with Crippen LogP contribution in [0.1, 0.15) is 32.8 Å². The quantitative estimate of drug-likeness (QED) is 0.816. The molecule has 0 fully saturated rings. The molecule has 1 N–H and O–H groups in total. The number of likely N-dealkylation sites (N-methyl/N-ethyl adjacent to an activating group) is 1. The molecule has 1 amide bonds. The number of hydrogen-bond acceptors (Lipinski definition) is 4. The highest BCUT2D eigenvalue weighted by Gasteiger charge is 2.30. The molecule has 128 valence electrons. The van der Waals surface area contributed by atoms with Crippen molar-refractivity contribution < 1.29 is 14.3 Å². The Labute approximate surface area is 142 Å². The summed E-state index contributed by atoms with van der Waals surface area (Å²) in [5.74, 6) is 0.0774. The molecule has 0 saturated carbocycles. The van der Waals surface area contributed by atoms with E-state index in [1.807, 2.05) is 30.3 Å². The molecule has 1 atom stereocenters. The third-order valence-corrected chi connectivity index (χ3v) is 3.91. The maximum atomic E-state index is 12.2. The number of cyclic esters (lactones) is 1. The number of esters is 1. The average Bonchev–Trinajstić information content (AvgIpc) is 2.81. The van der Waals surface area contributed by atoms with E-state index in [4.69, 9.17) is 4.74 Å². The molecule has 1 heterocycles. The zero-order valence-electron chi connectivity index (χ0n) is 14.6. The summed E-state index contributed by atoms with van der Waals surface area (Å²) in [5, 5.41) is 2.63. The molecular weight excluding hydrogens is 304 g/mol. The first-order chi connectivity index (χ1) is 11.4. The minimum atomic E-state index is -0.631. The minimum absolute atomic E-state index is 0.198. The Morgan fingerprint density at radius 2 is 1.88 bits per heavy atom. The zero-order valence-corrected chi connectivity index (χ0v) is 14.6. The van der Waals surface area contributed by atoms with E-state index in [1.165, 1.54) is 0 Å². The summed E-state index contributed by atoms with van der Waals surface area (Å²) in [5.41, 5.74) is 2.39. The number of carbonyl (C=O) groups is 2. The number of ether oxygens (including phenoxy) is 1. The summed E-state index contributed by atoms with van der Waals surface area (Å²) >= 11 is 0. The third-order valence-electron chi connectivity index (χ3n) is 3.91. The van der Waals surface area contributed by atoms with Crippen LogP contribution in [0, 0.1) is 5.92 Å². The van der Waals surface area contributed by atoms with Crippen molar-refractivity contribution in [1.29, 1.82) is 0 Å². The number of rotatable bonds is 6. The van der Waals surface area contributed by atoms with E-state index in [2.05, 4.69) is 24.2 Å². The standard InChI is InChI=1S/C19H24N2O3/c1-12(2)10-15-13(3)19(23)24-18(15)21-16(17(22)20-4)11-14-8-6-5-7-9-14/h5-9,12,16H,10-11H2,1-4H3,(H,20,22)/t16-/m0/s1. The first-order valence-corrected chi connectivity index (χ1v) is 8.18. The zero-order chi connectivity index (χ0) is 17.7. The second-order valence-corrected chi connectivity index (χ2v) is 6.35. The molecule has 0 aromatic heterocycles. The average molecular weight is 328 g/mol. The topological polar surface area (TPSA) is 67.8 Å². The minimum Gasteiger partial charge on any atom is -0.404 e. The van der Waals surface area contributed by atoms with Gasteiger partial charge in [0.05, 0.1) is 0 Å². The van der Waals surface area contributed by atoms with Gasteiger partial charge in [-0.3, -0.25) is 4.79 Å². The summed E-state index contributed by atoms with van der Waals surface area (Å²) in [6.07, 6.45) is 1.15. The number of benzene rings is 1. The van der Waals surface area contributed by atoms with Gasteiger partial charge >= 0.3 is 5.97 Å². The fourth-order valence-electron chi connectivity index (χ4n) is 2.60. The van der Waals surface area contributed by atoms with Gasteiger partial charge in [0.25, 0.3) is 0 Å². The molecule has 1 aromatic rings. The van der Waals surface area contributed by atoms with Gasteiger partial charge in [-0.2, -0.15) is 0 Å². The van der Waals surface area contributed by atoms with Crippen molar-refractivity contribution in [3.05, 3.63) is 47.0 Å². The maximum Gasteiger partial charge on any atom is 0.340 e. The smallest absolute Gasteiger partial charge is 0.340 e. The highest BCUT2D eigenvalue weighted by molar-refractivity contribution is 6.14. The second kappa shape index (κ2) is 7.90. The van der Waals surface area contributed by atoms with Gasteiger partial charge in [-0.1, -0.05) is 44.2 Å². The predicted molar refractivity (Wildman–Crippen MR) is 93.7 cm³/mol. The van der Waals surface area contributed by atoms with Gasteiger partial charge in [-0.15, -0.1) is 0 Å². The lowest BCUT2D eigenvalue weighted by Gasteiger charge is -2.13. The summed E-state index contributed by atoms with van der Waals surface area (Å²) < 4.78 is 5.31. The molecule has 5 heteroatoms. The van der Waals surface area contributed by atoms with Crippen molar-refractivity contribution >= 4 is 17.8 Å². The Hall–Kier alpha value is -2.43. The van der Waals surface area contributed by atoms with Crippen LogP contribution in [0.2, 0.25) is 0 Å². The van der Waals surface area contributed by atoms with E-state index in [9.17, 15) is 9.59 Å². The Balaban J connectivity index is 2.31. The summed E-state index contributed by atoms with van der Waals surface area (Å²) in [4.78, 5) is 28.6. The van der Waals surface area contributed by atoms with Crippen molar-refractivity contribution in [3.8, 4) is 0 Å². The van der Waals surface area contributed by atoms with Crippen LogP contribution in [0.5, 0.6) is 0 Å². The van der Waals surface area contributed by atoms with Gasteiger partial charge in [-0.05, 0) is 24.8 Å². The van der Waals surface area contributed by atoms with Crippen LogP contribution in [-0.4, -0.2) is 30.9 Å². The number of nitrogens with zero attached hydrogens (tertiary/aromatic N) is 1. The molecular formula is C19H24N2O3. The van der Waals surface area contributed by atoms with Crippen molar-refractivity contribution in [1.82, 2.24) is 5.32 Å². The van der Waals surface area contributed by atoms with Crippen LogP contribution in [0.4, 0.5) is 0 Å². The van der Waals surface area contributed by atoms with E-state index in [0.29, 0.717) is 24.3 Å². The van der Waals surface area contributed by atoms with E-state index in [-0.39, 0.29) is 17.8 Å². The van der Waals surface area contributed by atoms with Gasteiger partial charge in [0.15, 0.2) is 0 Å². The highest BCUT2D eigenvalue weighted by Crippen LogP contribution is 2.25.